The number of carbonyl (C=O) groups is 2. The molecule has 1 aliphatic heterocycles. The zero-order valence-electron chi connectivity index (χ0n) is 20.4. The Balaban J connectivity index is 0.00000361. The number of hydrogen-bond acceptors (Lipinski definition) is 6. The van der Waals surface area contributed by atoms with E-state index < -0.39 is 0 Å². The maximum atomic E-state index is 13.8. The topological polar surface area (TPSA) is 87.7 Å². The van der Waals surface area contributed by atoms with Gasteiger partial charge in [-0.15, -0.1) is 0 Å². The predicted octanol–water partition coefficient (Wildman–Crippen LogP) is 4.24. The average molecular weight is 476 g/mol. The summed E-state index contributed by atoms with van der Waals surface area (Å²) in [7, 11) is 0. The van der Waals surface area contributed by atoms with Crippen molar-refractivity contribution < 1.29 is 15.8 Å². The molecule has 1 saturated heterocycles. The number of hydrogen-bond donors (Lipinski definition) is 1. The normalized spacial score (nSPS) is 13.5. The fraction of sp³-hybridized carbons (Fsp3) is 0.333. The number of morpholine rings is 1. The molecule has 0 bridgehead atoms. The molecule has 1 N–H and O–H groups in total. The van der Waals surface area contributed by atoms with E-state index in [4.69, 9.17) is 9.72 Å². The van der Waals surface area contributed by atoms with Crippen LogP contribution >= 0.6 is 0 Å². The Morgan fingerprint density at radius 3 is 2.40 bits per heavy atom. The highest BCUT2D eigenvalue weighted by molar-refractivity contribution is 6.00. The maximum Gasteiger partial charge on any atom is 0.258 e. The minimum absolute atomic E-state index is 0. The molecule has 35 heavy (non-hydrogen) atoms. The summed E-state index contributed by atoms with van der Waals surface area (Å²) in [5.74, 6) is 0.307. The maximum absolute atomic E-state index is 13.8. The third kappa shape index (κ3) is 6.02. The molecular formula is C27H33N5O3. The summed E-state index contributed by atoms with van der Waals surface area (Å²) in [5.41, 5.74) is 3.53. The number of nitrogens with one attached hydrogen (secondary N) is 1. The number of anilines is 2. The Bertz CT molecular complexity index is 1170. The van der Waals surface area contributed by atoms with Crippen LogP contribution in [-0.4, -0.2) is 59.0 Å². The second-order valence-corrected chi connectivity index (χ2v) is 8.80. The molecule has 0 atom stereocenters. The first-order valence-electron chi connectivity index (χ1n) is 11.8. The number of nitrogens with zero attached hydrogens (tertiary/aromatic N) is 4. The smallest absolute Gasteiger partial charge is 0.258 e. The van der Waals surface area contributed by atoms with Gasteiger partial charge in [0.1, 0.15) is 0 Å². The highest BCUT2D eigenvalue weighted by atomic mass is 16.5. The molecule has 2 aromatic carbocycles. The van der Waals surface area contributed by atoms with Crippen LogP contribution in [0.4, 0.5) is 11.6 Å². The molecule has 8 nitrogen and oxygen atoms in total. The minimum atomic E-state index is -0.140. The van der Waals surface area contributed by atoms with Crippen LogP contribution < -0.4 is 10.2 Å². The molecule has 0 radical (unpaired) electrons. The van der Waals surface area contributed by atoms with E-state index in [2.05, 4.69) is 15.2 Å². The van der Waals surface area contributed by atoms with Crippen LogP contribution in [0.5, 0.6) is 0 Å². The molecule has 4 rings (SSSR count). The van der Waals surface area contributed by atoms with Gasteiger partial charge >= 0.3 is 0 Å². The Morgan fingerprint density at radius 2 is 1.77 bits per heavy atom. The van der Waals surface area contributed by atoms with Gasteiger partial charge in [0.15, 0.2) is 0 Å². The lowest BCUT2D eigenvalue weighted by molar-refractivity contribution is -0.114. The van der Waals surface area contributed by atoms with Crippen molar-refractivity contribution in [1.29, 1.82) is 0 Å². The summed E-state index contributed by atoms with van der Waals surface area (Å²) < 4.78 is 5.46. The number of amides is 2. The van der Waals surface area contributed by atoms with E-state index in [1.165, 1.54) is 6.92 Å². The molecule has 1 fully saturated rings. The zero-order valence-corrected chi connectivity index (χ0v) is 20.4. The van der Waals surface area contributed by atoms with Crippen molar-refractivity contribution in [1.82, 2.24) is 14.9 Å². The molecule has 1 aromatic heterocycles. The Morgan fingerprint density at radius 1 is 1.09 bits per heavy atom. The molecular weight excluding hydrogens is 442 g/mol. The third-order valence-electron chi connectivity index (χ3n) is 5.86. The van der Waals surface area contributed by atoms with E-state index in [1.807, 2.05) is 73.3 Å². The molecule has 1 aliphatic rings. The van der Waals surface area contributed by atoms with E-state index in [9.17, 15) is 9.59 Å². The molecule has 0 unspecified atom stereocenters. The van der Waals surface area contributed by atoms with Gasteiger partial charge in [-0.2, -0.15) is 0 Å². The van der Waals surface area contributed by atoms with E-state index >= 15 is 0 Å². The predicted molar refractivity (Wildman–Crippen MR) is 138 cm³/mol. The molecule has 184 valence electrons. The van der Waals surface area contributed by atoms with Crippen molar-refractivity contribution in [3.63, 3.8) is 0 Å². The highest BCUT2D eigenvalue weighted by Gasteiger charge is 2.25. The Hall–Kier alpha value is -3.78. The number of benzene rings is 2. The van der Waals surface area contributed by atoms with E-state index in [0.29, 0.717) is 55.7 Å². The van der Waals surface area contributed by atoms with Crippen LogP contribution in [0.1, 0.15) is 38.1 Å². The van der Waals surface area contributed by atoms with E-state index in [1.54, 1.807) is 6.20 Å². The van der Waals surface area contributed by atoms with Gasteiger partial charge in [0.25, 0.3) is 5.91 Å². The number of rotatable bonds is 7. The molecule has 8 heteroatoms. The standard InChI is InChI=1S/C27H31N5O3.H2/c1-19(2)32(18-21-7-5-4-6-8-21)26(34)24-17-28-27(31-13-15-35-16-14-31)30-25(24)22-9-11-23(12-10-22)29-20(3)33;/h4-12,17,19H,13-16,18H2,1-3H3,(H,29,33);1H. The minimum Gasteiger partial charge on any atom is -0.378 e. The molecule has 2 amide bonds. The fourth-order valence-electron chi connectivity index (χ4n) is 4.00. The SMILES string of the molecule is CC(=O)Nc1ccc(-c2nc(N3CCOCC3)ncc2C(=O)N(Cc2ccccc2)C(C)C)cc1.[HH]. The third-order valence-corrected chi connectivity index (χ3v) is 5.86. The second-order valence-electron chi connectivity index (χ2n) is 8.80. The monoisotopic (exact) mass is 475 g/mol. The van der Waals surface area contributed by atoms with Gasteiger partial charge in [-0.05, 0) is 31.5 Å². The summed E-state index contributed by atoms with van der Waals surface area (Å²) in [6, 6.07) is 17.3. The highest BCUT2D eigenvalue weighted by Crippen LogP contribution is 2.27. The van der Waals surface area contributed by atoms with Crippen LogP contribution in [0.3, 0.4) is 0 Å². The van der Waals surface area contributed by atoms with Crippen molar-refractivity contribution in [3.05, 3.63) is 71.9 Å². The van der Waals surface area contributed by atoms with Gasteiger partial charge in [0, 0.05) is 51.5 Å². The lowest BCUT2D eigenvalue weighted by atomic mass is 10.0. The second kappa shape index (κ2) is 11.1. The summed E-state index contributed by atoms with van der Waals surface area (Å²) in [5, 5.41) is 2.78. The summed E-state index contributed by atoms with van der Waals surface area (Å²) in [6.07, 6.45) is 1.64. The van der Waals surface area contributed by atoms with Gasteiger partial charge in [0.2, 0.25) is 11.9 Å². The van der Waals surface area contributed by atoms with Crippen molar-refractivity contribution in [2.45, 2.75) is 33.4 Å². The van der Waals surface area contributed by atoms with Crippen LogP contribution in [-0.2, 0) is 16.1 Å². The molecule has 2 heterocycles. The Kier molecular flexibility index (Phi) is 7.72. The van der Waals surface area contributed by atoms with Gasteiger partial charge in [0.05, 0.1) is 24.5 Å². The number of ether oxygens (including phenoxy) is 1. The lowest BCUT2D eigenvalue weighted by Gasteiger charge is -2.29. The largest absolute Gasteiger partial charge is 0.378 e. The quantitative estimate of drug-likeness (QED) is 0.550. The first-order chi connectivity index (χ1) is 16.9. The lowest BCUT2D eigenvalue weighted by Crippen LogP contribution is -2.38. The van der Waals surface area contributed by atoms with Crippen molar-refractivity contribution in [3.8, 4) is 11.3 Å². The van der Waals surface area contributed by atoms with Crippen LogP contribution in [0.2, 0.25) is 0 Å². The van der Waals surface area contributed by atoms with Crippen LogP contribution in [0.15, 0.2) is 60.8 Å². The molecule has 0 spiro atoms. The molecule has 0 saturated carbocycles. The van der Waals surface area contributed by atoms with Crippen molar-refractivity contribution >= 4 is 23.5 Å². The molecule has 3 aromatic rings. The first-order valence-corrected chi connectivity index (χ1v) is 11.8. The zero-order chi connectivity index (χ0) is 24.8. The average Bonchev–Trinajstić information content (AvgIpc) is 2.87. The van der Waals surface area contributed by atoms with E-state index in [0.717, 1.165) is 11.1 Å². The van der Waals surface area contributed by atoms with Gasteiger partial charge in [-0.3, -0.25) is 9.59 Å². The van der Waals surface area contributed by atoms with Gasteiger partial charge < -0.3 is 19.9 Å². The van der Waals surface area contributed by atoms with Crippen LogP contribution in [0.25, 0.3) is 11.3 Å². The fourth-order valence-corrected chi connectivity index (χ4v) is 4.00. The number of aromatic nitrogens is 2. The van der Waals surface area contributed by atoms with Crippen molar-refractivity contribution in [2.75, 3.05) is 36.5 Å². The van der Waals surface area contributed by atoms with Crippen molar-refractivity contribution in [2.24, 2.45) is 0 Å². The number of carbonyl (C=O) groups excluding carboxylic acids is 2. The summed E-state index contributed by atoms with van der Waals surface area (Å²) in [6.45, 7) is 8.59. The first kappa shape index (κ1) is 24.3. The Labute approximate surface area is 207 Å². The van der Waals surface area contributed by atoms with Gasteiger partial charge in [-0.25, -0.2) is 9.97 Å². The summed E-state index contributed by atoms with van der Waals surface area (Å²) in [4.78, 5) is 38.6. The van der Waals surface area contributed by atoms with E-state index in [-0.39, 0.29) is 19.3 Å². The molecule has 0 aliphatic carbocycles. The van der Waals surface area contributed by atoms with Gasteiger partial charge in [-0.1, -0.05) is 42.5 Å². The van der Waals surface area contributed by atoms with Crippen LogP contribution in [0, 0.1) is 0 Å². The summed E-state index contributed by atoms with van der Waals surface area (Å²) >= 11 is 0.